The lowest BCUT2D eigenvalue weighted by Gasteiger charge is -2.20. The highest BCUT2D eigenvalue weighted by atomic mass is 19.1. The summed E-state index contributed by atoms with van der Waals surface area (Å²) in [5.41, 5.74) is 1.81. The molecule has 1 N–H and O–H groups in total. The minimum atomic E-state index is -1.24. The van der Waals surface area contributed by atoms with E-state index in [-0.39, 0.29) is 11.1 Å². The molecule has 0 radical (unpaired) electrons. The smallest absolute Gasteiger partial charge is 0.335 e. The summed E-state index contributed by atoms with van der Waals surface area (Å²) in [5, 5.41) is 8.93. The molecular formula is C20H20FNO5. The highest BCUT2D eigenvalue weighted by Gasteiger charge is 2.24. The van der Waals surface area contributed by atoms with Gasteiger partial charge < -0.3 is 19.5 Å². The number of fused-ring (bicyclic) bond motifs is 1. The van der Waals surface area contributed by atoms with Crippen LogP contribution in [0.3, 0.4) is 0 Å². The molecule has 2 aromatic carbocycles. The van der Waals surface area contributed by atoms with Crippen molar-refractivity contribution in [1.82, 2.24) is 4.90 Å². The van der Waals surface area contributed by atoms with Gasteiger partial charge in [-0.15, -0.1) is 0 Å². The van der Waals surface area contributed by atoms with Crippen LogP contribution in [0.25, 0.3) is 0 Å². The van der Waals surface area contributed by atoms with Gasteiger partial charge in [-0.2, -0.15) is 0 Å². The summed E-state index contributed by atoms with van der Waals surface area (Å²) < 4.78 is 24.9. The molecule has 7 heteroatoms. The Balaban J connectivity index is 1.82. The first-order chi connectivity index (χ1) is 12.9. The lowest BCUT2D eigenvalue weighted by Crippen LogP contribution is -2.33. The van der Waals surface area contributed by atoms with Crippen molar-refractivity contribution in [2.24, 2.45) is 0 Å². The van der Waals surface area contributed by atoms with Crippen molar-refractivity contribution in [1.29, 1.82) is 0 Å². The van der Waals surface area contributed by atoms with E-state index < -0.39 is 17.7 Å². The first-order valence-corrected chi connectivity index (χ1v) is 8.50. The van der Waals surface area contributed by atoms with E-state index in [1.807, 2.05) is 12.1 Å². The highest BCUT2D eigenvalue weighted by molar-refractivity contribution is 5.96. The minimum Gasteiger partial charge on any atom is -0.493 e. The molecule has 0 unspecified atom stereocenters. The maximum Gasteiger partial charge on any atom is 0.335 e. The van der Waals surface area contributed by atoms with Crippen LogP contribution in [0.5, 0.6) is 11.5 Å². The van der Waals surface area contributed by atoms with Crippen LogP contribution in [0, 0.1) is 5.82 Å². The average Bonchev–Trinajstić information content (AvgIpc) is 2.88. The number of nitrogens with zero attached hydrogens (tertiary/aromatic N) is 1. The van der Waals surface area contributed by atoms with Crippen LogP contribution in [-0.4, -0.2) is 49.2 Å². The number of halogens is 1. The lowest BCUT2D eigenvalue weighted by atomic mass is 10.0. The quantitative estimate of drug-likeness (QED) is 0.892. The van der Waals surface area contributed by atoms with Gasteiger partial charge in [-0.3, -0.25) is 4.79 Å². The first-order valence-electron chi connectivity index (χ1n) is 8.50. The van der Waals surface area contributed by atoms with Gasteiger partial charge in [-0.25, -0.2) is 9.18 Å². The molecule has 1 aliphatic rings. The van der Waals surface area contributed by atoms with Gasteiger partial charge in [0.2, 0.25) is 0 Å². The van der Waals surface area contributed by atoms with Crippen LogP contribution in [0.2, 0.25) is 0 Å². The summed E-state index contributed by atoms with van der Waals surface area (Å²) in [4.78, 5) is 25.3. The van der Waals surface area contributed by atoms with Gasteiger partial charge in [0.1, 0.15) is 5.82 Å². The number of hydrogen-bond donors (Lipinski definition) is 1. The molecular weight excluding hydrogens is 353 g/mol. The maximum absolute atomic E-state index is 14.2. The molecule has 0 saturated heterocycles. The summed E-state index contributed by atoms with van der Waals surface area (Å²) in [6, 6.07) is 7.15. The molecule has 27 heavy (non-hydrogen) atoms. The number of hydrogen-bond acceptors (Lipinski definition) is 4. The van der Waals surface area contributed by atoms with Gasteiger partial charge in [0.25, 0.3) is 5.91 Å². The summed E-state index contributed by atoms with van der Waals surface area (Å²) in [6.45, 7) is 0.864. The number of carbonyl (C=O) groups excluding carboxylic acids is 1. The second-order valence-corrected chi connectivity index (χ2v) is 6.27. The molecule has 0 saturated carbocycles. The highest BCUT2D eigenvalue weighted by Crippen LogP contribution is 2.32. The van der Waals surface area contributed by atoms with E-state index >= 15 is 0 Å². The summed E-state index contributed by atoms with van der Waals surface area (Å²) in [6.07, 6.45) is 1.21. The number of rotatable bonds is 4. The molecule has 142 valence electrons. The number of carbonyl (C=O) groups is 2. The zero-order valence-electron chi connectivity index (χ0n) is 15.1. The molecule has 0 bridgehead atoms. The molecule has 0 aromatic heterocycles. The third kappa shape index (κ3) is 3.72. The minimum absolute atomic E-state index is 0.124. The number of amides is 1. The molecule has 0 atom stereocenters. The number of aromatic carboxylic acids is 1. The zero-order valence-corrected chi connectivity index (χ0v) is 15.1. The molecule has 1 amide bonds. The van der Waals surface area contributed by atoms with E-state index in [4.69, 9.17) is 14.6 Å². The maximum atomic E-state index is 14.2. The van der Waals surface area contributed by atoms with Gasteiger partial charge >= 0.3 is 5.97 Å². The number of carboxylic acids is 1. The van der Waals surface area contributed by atoms with Crippen LogP contribution >= 0.6 is 0 Å². The monoisotopic (exact) mass is 373 g/mol. The molecule has 0 fully saturated rings. The molecule has 0 aliphatic carbocycles. The summed E-state index contributed by atoms with van der Waals surface area (Å²) in [5.74, 6) is -1.25. The van der Waals surface area contributed by atoms with Gasteiger partial charge in [0, 0.05) is 13.1 Å². The van der Waals surface area contributed by atoms with E-state index in [0.29, 0.717) is 37.4 Å². The Morgan fingerprint density at radius 3 is 2.00 bits per heavy atom. The van der Waals surface area contributed by atoms with Gasteiger partial charge in [-0.05, 0) is 54.3 Å². The van der Waals surface area contributed by atoms with E-state index in [2.05, 4.69) is 0 Å². The van der Waals surface area contributed by atoms with E-state index in [0.717, 1.165) is 17.2 Å². The molecule has 1 heterocycles. The van der Waals surface area contributed by atoms with Crippen molar-refractivity contribution >= 4 is 11.9 Å². The van der Waals surface area contributed by atoms with Gasteiger partial charge in [0.15, 0.2) is 11.5 Å². The largest absolute Gasteiger partial charge is 0.493 e. The van der Waals surface area contributed by atoms with E-state index in [9.17, 15) is 14.0 Å². The SMILES string of the molecule is COc1cc2c(cc1OC)CCN(C(=O)c1ccc(C(=O)O)cc1F)CC2. The predicted molar refractivity (Wildman–Crippen MR) is 96.2 cm³/mol. The van der Waals surface area contributed by atoms with Gasteiger partial charge in [-0.1, -0.05) is 0 Å². The van der Waals surface area contributed by atoms with Crippen molar-refractivity contribution in [3.8, 4) is 11.5 Å². The first kappa shape index (κ1) is 18.7. The van der Waals surface area contributed by atoms with Crippen LogP contribution in [0.1, 0.15) is 31.8 Å². The molecule has 6 nitrogen and oxygen atoms in total. The number of carboxylic acid groups (broad SMARTS) is 1. The van der Waals surface area contributed by atoms with Crippen molar-refractivity contribution in [2.75, 3.05) is 27.3 Å². The molecule has 1 aliphatic heterocycles. The fraction of sp³-hybridized carbons (Fsp3) is 0.300. The van der Waals surface area contributed by atoms with Crippen molar-refractivity contribution < 1.29 is 28.6 Å². The Hall–Kier alpha value is -3.09. The second-order valence-electron chi connectivity index (χ2n) is 6.27. The van der Waals surface area contributed by atoms with Crippen molar-refractivity contribution in [3.05, 3.63) is 58.4 Å². The van der Waals surface area contributed by atoms with Crippen molar-refractivity contribution in [3.63, 3.8) is 0 Å². The Labute approximate surface area is 156 Å². The zero-order chi connectivity index (χ0) is 19.6. The standard InChI is InChI=1S/C20H20FNO5/c1-26-17-10-12-5-7-22(8-6-13(12)11-18(17)27-2)19(23)15-4-3-14(20(24)25)9-16(15)21/h3-4,9-11H,5-8H2,1-2H3,(H,24,25). The molecule has 2 aromatic rings. The number of benzene rings is 2. The van der Waals surface area contributed by atoms with Crippen LogP contribution in [0.15, 0.2) is 30.3 Å². The van der Waals surface area contributed by atoms with Crippen LogP contribution in [0.4, 0.5) is 4.39 Å². The fourth-order valence-electron chi connectivity index (χ4n) is 3.25. The topological polar surface area (TPSA) is 76.1 Å². The van der Waals surface area contributed by atoms with Crippen LogP contribution in [-0.2, 0) is 12.8 Å². The second kappa shape index (κ2) is 7.65. The van der Waals surface area contributed by atoms with Gasteiger partial charge in [0.05, 0.1) is 25.3 Å². The number of methoxy groups -OCH3 is 2. The Morgan fingerprint density at radius 1 is 1.00 bits per heavy atom. The van der Waals surface area contributed by atoms with Crippen LogP contribution < -0.4 is 9.47 Å². The Kier molecular flexibility index (Phi) is 5.30. The third-order valence-electron chi connectivity index (χ3n) is 4.74. The summed E-state index contributed by atoms with van der Waals surface area (Å²) in [7, 11) is 3.14. The van der Waals surface area contributed by atoms with E-state index in [1.54, 1.807) is 19.1 Å². The number of ether oxygens (including phenoxy) is 2. The third-order valence-corrected chi connectivity index (χ3v) is 4.74. The average molecular weight is 373 g/mol. The van der Waals surface area contributed by atoms with Crippen molar-refractivity contribution in [2.45, 2.75) is 12.8 Å². The Morgan fingerprint density at radius 2 is 1.56 bits per heavy atom. The fourth-order valence-corrected chi connectivity index (χ4v) is 3.25. The molecule has 3 rings (SSSR count). The normalized spacial score (nSPS) is 13.5. The predicted octanol–water partition coefficient (Wildman–Crippen LogP) is 2.78. The summed E-state index contributed by atoms with van der Waals surface area (Å²) >= 11 is 0. The Bertz CT molecular complexity index is 861. The van der Waals surface area contributed by atoms with E-state index in [1.165, 1.54) is 12.1 Å². The molecule has 0 spiro atoms. The lowest BCUT2D eigenvalue weighted by molar-refractivity contribution is 0.0692.